The summed E-state index contributed by atoms with van der Waals surface area (Å²) >= 11 is 8.50. The highest BCUT2D eigenvalue weighted by molar-refractivity contribution is 9.10. The summed E-state index contributed by atoms with van der Waals surface area (Å²) in [6.07, 6.45) is 7.64. The van der Waals surface area contributed by atoms with Crippen LogP contribution in [-0.2, 0) is 6.54 Å². The lowest BCUT2D eigenvalue weighted by atomic mass is 10.0. The number of hydrogen-bond acceptors (Lipinski definition) is 5. The second-order valence-corrected chi connectivity index (χ2v) is 7.22. The van der Waals surface area contributed by atoms with Crippen LogP contribution in [0.15, 0.2) is 32.7 Å². The van der Waals surface area contributed by atoms with Gasteiger partial charge in [0.25, 0.3) is 0 Å². The van der Waals surface area contributed by atoms with Crippen molar-refractivity contribution in [2.75, 3.05) is 24.2 Å². The van der Waals surface area contributed by atoms with Gasteiger partial charge >= 0.3 is 0 Å². The zero-order valence-corrected chi connectivity index (χ0v) is 14.8. The molecule has 0 atom stereocenters. The van der Waals surface area contributed by atoms with Gasteiger partial charge in [0.1, 0.15) is 5.82 Å². The Bertz CT molecular complexity index is 612. The van der Waals surface area contributed by atoms with Crippen LogP contribution in [0.25, 0.3) is 0 Å². The second-order valence-electron chi connectivity index (χ2n) is 4.68. The molecule has 106 valence electrons. The maximum absolute atomic E-state index is 4.56. The fourth-order valence-corrected chi connectivity index (χ4v) is 3.33. The van der Waals surface area contributed by atoms with Crippen molar-refractivity contribution in [3.63, 3.8) is 0 Å². The van der Waals surface area contributed by atoms with Crippen molar-refractivity contribution in [3.8, 4) is 0 Å². The van der Waals surface area contributed by atoms with Gasteiger partial charge in [-0.15, -0.1) is 0 Å². The van der Waals surface area contributed by atoms with Crippen molar-refractivity contribution in [3.05, 3.63) is 27.5 Å². The minimum Gasteiger partial charge on any atom is -0.355 e. The summed E-state index contributed by atoms with van der Waals surface area (Å²) in [5.41, 5.74) is 0. The summed E-state index contributed by atoms with van der Waals surface area (Å²) in [5.74, 6) is 1.60. The SMILES string of the molecule is CSc1ncc(Br)c(N2CC(Cn3cc(Br)cn3)C2)n1. The molecule has 0 saturated carbocycles. The van der Waals surface area contributed by atoms with Gasteiger partial charge in [0.15, 0.2) is 5.16 Å². The first kappa shape index (κ1) is 14.3. The molecule has 0 aliphatic carbocycles. The van der Waals surface area contributed by atoms with E-state index in [2.05, 4.69) is 51.8 Å². The smallest absolute Gasteiger partial charge is 0.189 e. The molecule has 1 saturated heterocycles. The molecular formula is C12H13Br2N5S. The van der Waals surface area contributed by atoms with E-state index in [4.69, 9.17) is 0 Å². The molecule has 3 heterocycles. The van der Waals surface area contributed by atoms with Crippen molar-refractivity contribution in [1.29, 1.82) is 0 Å². The summed E-state index contributed by atoms with van der Waals surface area (Å²) in [5, 5.41) is 5.10. The number of halogens is 2. The molecule has 0 amide bonds. The van der Waals surface area contributed by atoms with Crippen LogP contribution >= 0.6 is 43.6 Å². The summed E-state index contributed by atoms with van der Waals surface area (Å²) in [4.78, 5) is 11.1. The largest absolute Gasteiger partial charge is 0.355 e. The summed E-state index contributed by atoms with van der Waals surface area (Å²) in [6.45, 7) is 2.95. The molecule has 2 aromatic rings. The fraction of sp³-hybridized carbons (Fsp3) is 0.417. The van der Waals surface area contributed by atoms with Crippen molar-refractivity contribution in [2.24, 2.45) is 5.92 Å². The van der Waals surface area contributed by atoms with Crippen LogP contribution in [0.5, 0.6) is 0 Å². The molecule has 0 unspecified atom stereocenters. The summed E-state index contributed by atoms with van der Waals surface area (Å²) < 4.78 is 3.96. The standard InChI is InChI=1S/C12H13Br2N5S/c1-20-12-15-3-10(14)11(17-12)18-4-8(5-18)6-19-7-9(13)2-16-19/h2-3,7-8H,4-6H2,1H3. The van der Waals surface area contributed by atoms with Crippen molar-refractivity contribution in [1.82, 2.24) is 19.7 Å². The molecule has 20 heavy (non-hydrogen) atoms. The number of hydrogen-bond donors (Lipinski definition) is 0. The average molecular weight is 419 g/mol. The van der Waals surface area contributed by atoms with E-state index in [-0.39, 0.29) is 0 Å². The van der Waals surface area contributed by atoms with Gasteiger partial charge in [-0.3, -0.25) is 4.68 Å². The molecule has 0 N–H and O–H groups in total. The van der Waals surface area contributed by atoms with Gasteiger partial charge in [0.2, 0.25) is 0 Å². The minimum atomic E-state index is 0.612. The van der Waals surface area contributed by atoms with Crippen LogP contribution in [0.3, 0.4) is 0 Å². The van der Waals surface area contributed by atoms with Gasteiger partial charge in [0.05, 0.1) is 15.1 Å². The molecule has 5 nitrogen and oxygen atoms in total. The molecule has 2 aromatic heterocycles. The van der Waals surface area contributed by atoms with Gasteiger partial charge in [-0.25, -0.2) is 9.97 Å². The van der Waals surface area contributed by atoms with E-state index in [1.807, 2.05) is 29.5 Å². The molecule has 0 bridgehead atoms. The first-order valence-corrected chi connectivity index (χ1v) is 8.96. The Hall–Kier alpha value is -0.600. The highest BCUT2D eigenvalue weighted by atomic mass is 79.9. The van der Waals surface area contributed by atoms with E-state index in [0.29, 0.717) is 5.92 Å². The molecule has 1 aliphatic rings. The first-order chi connectivity index (χ1) is 9.65. The topological polar surface area (TPSA) is 46.8 Å². The lowest BCUT2D eigenvalue weighted by Crippen LogP contribution is -2.49. The van der Waals surface area contributed by atoms with Crippen molar-refractivity contribution in [2.45, 2.75) is 11.7 Å². The van der Waals surface area contributed by atoms with Gasteiger partial charge in [-0.2, -0.15) is 5.10 Å². The average Bonchev–Trinajstić information content (AvgIpc) is 2.80. The Kier molecular flexibility index (Phi) is 4.32. The van der Waals surface area contributed by atoms with Crippen LogP contribution in [-0.4, -0.2) is 39.1 Å². The number of nitrogens with zero attached hydrogens (tertiary/aromatic N) is 5. The Balaban J connectivity index is 1.62. The van der Waals surface area contributed by atoms with E-state index in [9.17, 15) is 0 Å². The van der Waals surface area contributed by atoms with Gasteiger partial charge in [-0.05, 0) is 38.1 Å². The molecule has 0 aromatic carbocycles. The highest BCUT2D eigenvalue weighted by Crippen LogP contribution is 2.31. The maximum atomic E-state index is 4.56. The number of thioether (sulfide) groups is 1. The van der Waals surface area contributed by atoms with E-state index in [1.54, 1.807) is 11.8 Å². The van der Waals surface area contributed by atoms with Crippen LogP contribution in [0, 0.1) is 5.92 Å². The Labute approximate surface area is 138 Å². The van der Waals surface area contributed by atoms with Crippen LogP contribution in [0.4, 0.5) is 5.82 Å². The van der Waals surface area contributed by atoms with E-state index in [0.717, 1.165) is 39.6 Å². The highest BCUT2D eigenvalue weighted by Gasteiger charge is 2.29. The molecule has 3 rings (SSSR count). The zero-order chi connectivity index (χ0) is 14.1. The lowest BCUT2D eigenvalue weighted by molar-refractivity contribution is 0.339. The quantitative estimate of drug-likeness (QED) is 0.564. The number of anilines is 1. The molecule has 8 heteroatoms. The van der Waals surface area contributed by atoms with E-state index < -0.39 is 0 Å². The van der Waals surface area contributed by atoms with Crippen LogP contribution in [0.1, 0.15) is 0 Å². The first-order valence-electron chi connectivity index (χ1n) is 6.15. The molecular weight excluding hydrogens is 406 g/mol. The lowest BCUT2D eigenvalue weighted by Gasteiger charge is -2.40. The monoisotopic (exact) mass is 417 g/mol. The third-order valence-corrected chi connectivity index (χ3v) is 4.72. The van der Waals surface area contributed by atoms with Crippen LogP contribution < -0.4 is 4.90 Å². The molecule has 1 aliphatic heterocycles. The number of aromatic nitrogens is 4. The van der Waals surface area contributed by atoms with Gasteiger partial charge in [0, 0.05) is 37.9 Å². The number of rotatable bonds is 4. The normalized spacial score (nSPS) is 15.4. The predicted molar refractivity (Wildman–Crippen MR) is 87.1 cm³/mol. The second kappa shape index (κ2) is 6.03. The zero-order valence-electron chi connectivity index (χ0n) is 10.8. The summed E-state index contributed by atoms with van der Waals surface area (Å²) in [6, 6.07) is 0. The van der Waals surface area contributed by atoms with Gasteiger partial charge in [-0.1, -0.05) is 11.8 Å². The van der Waals surface area contributed by atoms with E-state index in [1.165, 1.54) is 0 Å². The predicted octanol–water partition coefficient (Wildman–Crippen LogP) is 3.06. The Morgan fingerprint density at radius 3 is 2.80 bits per heavy atom. The molecule has 1 fully saturated rings. The van der Waals surface area contributed by atoms with Crippen molar-refractivity contribution < 1.29 is 0 Å². The van der Waals surface area contributed by atoms with E-state index >= 15 is 0 Å². The van der Waals surface area contributed by atoms with Crippen LogP contribution in [0.2, 0.25) is 0 Å². The molecule has 0 radical (unpaired) electrons. The third-order valence-electron chi connectivity index (χ3n) is 3.19. The van der Waals surface area contributed by atoms with Crippen molar-refractivity contribution >= 4 is 49.4 Å². The maximum Gasteiger partial charge on any atom is 0.189 e. The molecule has 0 spiro atoms. The summed E-state index contributed by atoms with van der Waals surface area (Å²) in [7, 11) is 0. The Morgan fingerprint density at radius 1 is 1.35 bits per heavy atom. The third kappa shape index (κ3) is 3.01. The fourth-order valence-electron chi connectivity index (χ4n) is 2.22. The minimum absolute atomic E-state index is 0.612. The Morgan fingerprint density at radius 2 is 2.15 bits per heavy atom. The van der Waals surface area contributed by atoms with Gasteiger partial charge < -0.3 is 4.90 Å².